The lowest BCUT2D eigenvalue weighted by atomic mass is 9.93. The molecule has 0 saturated heterocycles. The molecule has 2 aromatic carbocycles. The molecule has 100 valence electrons. The van der Waals surface area contributed by atoms with E-state index in [0.29, 0.717) is 0 Å². The highest BCUT2D eigenvalue weighted by Crippen LogP contribution is 2.23. The quantitative estimate of drug-likeness (QED) is 0.828. The second-order valence-electron chi connectivity index (χ2n) is 4.81. The first-order valence-corrected chi connectivity index (χ1v) is 7.49. The Kier molecular flexibility index (Phi) is 5.62. The van der Waals surface area contributed by atoms with Crippen molar-refractivity contribution in [3.8, 4) is 0 Å². The molecule has 2 heteroatoms. The summed E-state index contributed by atoms with van der Waals surface area (Å²) < 4.78 is 1.08. The number of hydrogen-bond acceptors (Lipinski definition) is 1. The molecule has 1 atom stereocenters. The normalized spacial score (nSPS) is 12.3. The maximum atomic E-state index is 9.53. The zero-order valence-electron chi connectivity index (χ0n) is 10.9. The van der Waals surface area contributed by atoms with E-state index in [1.54, 1.807) is 0 Å². The van der Waals surface area contributed by atoms with Crippen molar-refractivity contribution in [1.29, 1.82) is 0 Å². The Balaban J connectivity index is 1.87. The predicted octanol–water partition coefficient (Wildman–Crippen LogP) is 4.55. The lowest BCUT2D eigenvalue weighted by Gasteiger charge is -2.14. The van der Waals surface area contributed by atoms with Gasteiger partial charge in [-0.3, -0.25) is 0 Å². The maximum Gasteiger partial charge on any atom is 0.0499 e. The van der Waals surface area contributed by atoms with Gasteiger partial charge in [0.25, 0.3) is 0 Å². The van der Waals surface area contributed by atoms with E-state index in [9.17, 15) is 5.11 Å². The predicted molar refractivity (Wildman–Crippen MR) is 83.3 cm³/mol. The fourth-order valence-corrected chi connectivity index (χ4v) is 2.56. The van der Waals surface area contributed by atoms with Crippen molar-refractivity contribution in [1.82, 2.24) is 0 Å². The van der Waals surface area contributed by atoms with Crippen LogP contribution in [-0.2, 0) is 6.42 Å². The van der Waals surface area contributed by atoms with Crippen LogP contribution in [-0.4, -0.2) is 11.7 Å². The number of aliphatic hydroxyl groups is 1. The minimum absolute atomic E-state index is 0.219. The molecule has 0 aliphatic carbocycles. The first-order valence-electron chi connectivity index (χ1n) is 6.70. The van der Waals surface area contributed by atoms with Crippen molar-refractivity contribution in [2.45, 2.75) is 25.2 Å². The highest BCUT2D eigenvalue weighted by molar-refractivity contribution is 9.10. The summed E-state index contributed by atoms with van der Waals surface area (Å²) in [5, 5.41) is 9.53. The number of hydrogen-bond donors (Lipinski definition) is 1. The van der Waals surface area contributed by atoms with Gasteiger partial charge in [0, 0.05) is 17.0 Å². The van der Waals surface area contributed by atoms with Crippen LogP contribution in [0.1, 0.15) is 29.9 Å². The smallest absolute Gasteiger partial charge is 0.0499 e. The molecule has 0 aliphatic heterocycles. The largest absolute Gasteiger partial charge is 0.396 e. The lowest BCUT2D eigenvalue weighted by Crippen LogP contribution is -2.04. The van der Waals surface area contributed by atoms with Gasteiger partial charge in [-0.2, -0.15) is 0 Å². The number of benzene rings is 2. The van der Waals surface area contributed by atoms with Crippen LogP contribution in [0, 0.1) is 0 Å². The molecule has 0 aliphatic rings. The molecule has 19 heavy (non-hydrogen) atoms. The van der Waals surface area contributed by atoms with Crippen LogP contribution in [0.5, 0.6) is 0 Å². The average Bonchev–Trinajstić information content (AvgIpc) is 2.46. The Morgan fingerprint density at radius 3 is 2.26 bits per heavy atom. The van der Waals surface area contributed by atoms with Gasteiger partial charge < -0.3 is 5.11 Å². The van der Waals surface area contributed by atoms with Gasteiger partial charge in [0.2, 0.25) is 0 Å². The molecule has 0 radical (unpaired) electrons. The van der Waals surface area contributed by atoms with E-state index in [1.807, 2.05) is 18.2 Å². The van der Waals surface area contributed by atoms with E-state index >= 15 is 0 Å². The number of aryl methyl sites for hydroxylation is 1. The molecular weight excluding hydrogens is 300 g/mol. The molecule has 0 saturated carbocycles. The van der Waals surface area contributed by atoms with Gasteiger partial charge in [-0.1, -0.05) is 58.4 Å². The zero-order chi connectivity index (χ0) is 13.5. The third-order valence-corrected chi connectivity index (χ3v) is 3.95. The highest BCUT2D eigenvalue weighted by atomic mass is 79.9. The Morgan fingerprint density at radius 1 is 0.947 bits per heavy atom. The topological polar surface area (TPSA) is 20.2 Å². The van der Waals surface area contributed by atoms with Crippen molar-refractivity contribution in [2.75, 3.05) is 6.61 Å². The molecule has 1 nitrogen and oxygen atoms in total. The average molecular weight is 319 g/mol. The third-order valence-electron chi connectivity index (χ3n) is 3.42. The van der Waals surface area contributed by atoms with E-state index in [1.165, 1.54) is 11.1 Å². The summed E-state index contributed by atoms with van der Waals surface area (Å²) in [6, 6.07) is 18.8. The standard InChI is InChI=1S/C17H19BrO/c18-17-11-9-15(10-12-17)16(13-19)8-4-7-14-5-2-1-3-6-14/h1-3,5-6,9-12,16,19H,4,7-8,13H2. The molecule has 0 spiro atoms. The van der Waals surface area contributed by atoms with Crippen LogP contribution >= 0.6 is 15.9 Å². The molecule has 0 heterocycles. The molecule has 0 fully saturated rings. The van der Waals surface area contributed by atoms with Gasteiger partial charge in [0.15, 0.2) is 0 Å². The Hall–Kier alpha value is -1.12. The summed E-state index contributed by atoms with van der Waals surface area (Å²) in [5.74, 6) is 0.247. The molecule has 0 amide bonds. The Labute approximate surface area is 123 Å². The fourth-order valence-electron chi connectivity index (χ4n) is 2.30. The van der Waals surface area contributed by atoms with Crippen LogP contribution in [0.15, 0.2) is 59.1 Å². The summed E-state index contributed by atoms with van der Waals surface area (Å²) in [5.41, 5.74) is 2.59. The molecule has 2 aromatic rings. The summed E-state index contributed by atoms with van der Waals surface area (Å²) in [6.45, 7) is 0.219. The van der Waals surface area contributed by atoms with Gasteiger partial charge >= 0.3 is 0 Å². The molecule has 0 bridgehead atoms. The molecule has 1 unspecified atom stereocenters. The van der Waals surface area contributed by atoms with Crippen molar-refractivity contribution < 1.29 is 5.11 Å². The highest BCUT2D eigenvalue weighted by Gasteiger charge is 2.10. The third kappa shape index (κ3) is 4.48. The lowest BCUT2D eigenvalue weighted by molar-refractivity contribution is 0.257. The second-order valence-corrected chi connectivity index (χ2v) is 5.72. The van der Waals surface area contributed by atoms with Gasteiger partial charge in [-0.25, -0.2) is 0 Å². The molecule has 1 N–H and O–H groups in total. The van der Waals surface area contributed by atoms with Gasteiger partial charge in [-0.15, -0.1) is 0 Å². The number of halogens is 1. The van der Waals surface area contributed by atoms with Crippen molar-refractivity contribution in [3.05, 3.63) is 70.2 Å². The van der Waals surface area contributed by atoms with E-state index in [2.05, 4.69) is 52.3 Å². The molecule has 0 aromatic heterocycles. The summed E-state index contributed by atoms with van der Waals surface area (Å²) in [7, 11) is 0. The van der Waals surface area contributed by atoms with E-state index in [0.717, 1.165) is 23.7 Å². The SMILES string of the molecule is OCC(CCCc1ccccc1)c1ccc(Br)cc1. The van der Waals surface area contributed by atoms with Gasteiger partial charge in [0.1, 0.15) is 0 Å². The van der Waals surface area contributed by atoms with E-state index in [4.69, 9.17) is 0 Å². The summed E-state index contributed by atoms with van der Waals surface area (Å²) >= 11 is 3.44. The zero-order valence-corrected chi connectivity index (χ0v) is 12.5. The summed E-state index contributed by atoms with van der Waals surface area (Å²) in [6.07, 6.45) is 3.20. The van der Waals surface area contributed by atoms with Gasteiger partial charge in [0.05, 0.1) is 0 Å². The van der Waals surface area contributed by atoms with E-state index < -0.39 is 0 Å². The Morgan fingerprint density at radius 2 is 1.63 bits per heavy atom. The fraction of sp³-hybridized carbons (Fsp3) is 0.294. The van der Waals surface area contributed by atoms with Crippen molar-refractivity contribution in [3.63, 3.8) is 0 Å². The van der Waals surface area contributed by atoms with Crippen LogP contribution in [0.3, 0.4) is 0 Å². The monoisotopic (exact) mass is 318 g/mol. The maximum absolute atomic E-state index is 9.53. The summed E-state index contributed by atoms with van der Waals surface area (Å²) in [4.78, 5) is 0. The molecule has 2 rings (SSSR count). The van der Waals surface area contributed by atoms with Crippen molar-refractivity contribution >= 4 is 15.9 Å². The minimum atomic E-state index is 0.219. The first-order chi connectivity index (χ1) is 9.29. The minimum Gasteiger partial charge on any atom is -0.396 e. The van der Waals surface area contributed by atoms with Crippen LogP contribution in [0.4, 0.5) is 0 Å². The molecular formula is C17H19BrO. The second kappa shape index (κ2) is 7.46. The van der Waals surface area contributed by atoms with Crippen LogP contribution in [0.25, 0.3) is 0 Å². The number of aliphatic hydroxyl groups excluding tert-OH is 1. The first kappa shape index (κ1) is 14.3. The van der Waals surface area contributed by atoms with Crippen molar-refractivity contribution in [2.24, 2.45) is 0 Å². The Bertz CT molecular complexity index is 478. The van der Waals surface area contributed by atoms with Crippen LogP contribution < -0.4 is 0 Å². The van der Waals surface area contributed by atoms with Crippen LogP contribution in [0.2, 0.25) is 0 Å². The van der Waals surface area contributed by atoms with Gasteiger partial charge in [-0.05, 0) is 42.5 Å². The number of rotatable bonds is 6. The van der Waals surface area contributed by atoms with E-state index in [-0.39, 0.29) is 12.5 Å².